The van der Waals surface area contributed by atoms with Gasteiger partial charge in [0.15, 0.2) is 0 Å². The van der Waals surface area contributed by atoms with Crippen molar-refractivity contribution in [3.8, 4) is 0 Å². The van der Waals surface area contributed by atoms with Gasteiger partial charge >= 0.3 is 0 Å². The van der Waals surface area contributed by atoms with Gasteiger partial charge in [-0.2, -0.15) is 0 Å². The minimum absolute atomic E-state index is 0.0369. The van der Waals surface area contributed by atoms with Crippen molar-refractivity contribution >= 4 is 27.3 Å². The Balaban J connectivity index is 1.99. The monoisotopic (exact) mass is 311 g/mol. The first kappa shape index (κ1) is 12.8. The van der Waals surface area contributed by atoms with E-state index in [1.807, 2.05) is 30.3 Å². The van der Waals surface area contributed by atoms with E-state index in [4.69, 9.17) is 10.5 Å². The van der Waals surface area contributed by atoms with E-state index in [1.54, 1.807) is 11.3 Å². The third kappa shape index (κ3) is 3.64. The number of ether oxygens (including phenoxy) is 1. The van der Waals surface area contributed by atoms with Gasteiger partial charge in [-0.3, -0.25) is 0 Å². The Bertz CT molecular complexity index is 441. The van der Waals surface area contributed by atoms with Crippen LogP contribution in [0.15, 0.2) is 46.3 Å². The standard InChI is InChI=1S/C13H14BrNOS/c14-11-5-3-10(4-6-11)13(8-15)16-9-12-2-1-7-17-12/h1-7,13H,8-9,15H2. The molecule has 0 bridgehead atoms. The van der Waals surface area contributed by atoms with Gasteiger partial charge in [-0.05, 0) is 29.1 Å². The highest BCUT2D eigenvalue weighted by Crippen LogP contribution is 2.21. The maximum Gasteiger partial charge on any atom is 0.0952 e. The molecule has 2 nitrogen and oxygen atoms in total. The zero-order chi connectivity index (χ0) is 12.1. The van der Waals surface area contributed by atoms with Crippen molar-refractivity contribution < 1.29 is 4.74 Å². The molecule has 2 N–H and O–H groups in total. The van der Waals surface area contributed by atoms with E-state index in [1.165, 1.54) is 4.88 Å². The van der Waals surface area contributed by atoms with Crippen LogP contribution < -0.4 is 5.73 Å². The fraction of sp³-hybridized carbons (Fsp3) is 0.231. The van der Waals surface area contributed by atoms with Gasteiger partial charge in [0.2, 0.25) is 0 Å². The van der Waals surface area contributed by atoms with Crippen molar-refractivity contribution in [3.05, 3.63) is 56.7 Å². The van der Waals surface area contributed by atoms with Crippen LogP contribution in [0, 0.1) is 0 Å². The van der Waals surface area contributed by atoms with Gasteiger partial charge in [0.05, 0.1) is 12.7 Å². The van der Waals surface area contributed by atoms with E-state index in [9.17, 15) is 0 Å². The van der Waals surface area contributed by atoms with E-state index in [-0.39, 0.29) is 6.10 Å². The van der Waals surface area contributed by atoms with Gasteiger partial charge in [-0.1, -0.05) is 34.1 Å². The lowest BCUT2D eigenvalue weighted by Crippen LogP contribution is -2.15. The Morgan fingerprint density at radius 1 is 1.24 bits per heavy atom. The van der Waals surface area contributed by atoms with Crippen molar-refractivity contribution in [2.45, 2.75) is 12.7 Å². The van der Waals surface area contributed by atoms with Crippen LogP contribution in [-0.4, -0.2) is 6.54 Å². The molecule has 1 heterocycles. The third-order valence-corrected chi connectivity index (χ3v) is 3.84. The summed E-state index contributed by atoms with van der Waals surface area (Å²) in [5.74, 6) is 0. The quantitative estimate of drug-likeness (QED) is 0.913. The number of benzene rings is 1. The first-order valence-corrected chi connectivity index (χ1v) is 7.06. The van der Waals surface area contributed by atoms with Gasteiger partial charge in [-0.25, -0.2) is 0 Å². The largest absolute Gasteiger partial charge is 0.367 e. The Morgan fingerprint density at radius 2 is 2.00 bits per heavy atom. The van der Waals surface area contributed by atoms with Crippen LogP contribution >= 0.6 is 27.3 Å². The van der Waals surface area contributed by atoms with Crippen LogP contribution in [0.4, 0.5) is 0 Å². The first-order valence-electron chi connectivity index (χ1n) is 5.39. The van der Waals surface area contributed by atoms with Crippen LogP contribution in [0.1, 0.15) is 16.5 Å². The molecule has 1 aromatic carbocycles. The summed E-state index contributed by atoms with van der Waals surface area (Å²) in [6, 6.07) is 12.2. The molecule has 0 saturated carbocycles. The van der Waals surface area contributed by atoms with Gasteiger partial charge in [0, 0.05) is 15.9 Å². The number of halogens is 1. The van der Waals surface area contributed by atoms with E-state index in [0.717, 1.165) is 10.0 Å². The molecule has 90 valence electrons. The minimum atomic E-state index is -0.0369. The Hall–Kier alpha value is -0.680. The van der Waals surface area contributed by atoms with Gasteiger partial charge in [-0.15, -0.1) is 11.3 Å². The summed E-state index contributed by atoms with van der Waals surface area (Å²) in [6.45, 7) is 1.11. The predicted molar refractivity (Wildman–Crippen MR) is 75.0 cm³/mol. The van der Waals surface area contributed by atoms with Crippen molar-refractivity contribution in [2.24, 2.45) is 5.73 Å². The second-order valence-electron chi connectivity index (χ2n) is 3.67. The molecule has 1 aromatic heterocycles. The van der Waals surface area contributed by atoms with E-state index in [0.29, 0.717) is 13.2 Å². The summed E-state index contributed by atoms with van der Waals surface area (Å²) in [6.07, 6.45) is -0.0369. The van der Waals surface area contributed by atoms with Gasteiger partial charge in [0.25, 0.3) is 0 Å². The molecular formula is C13H14BrNOS. The highest BCUT2D eigenvalue weighted by atomic mass is 79.9. The number of thiophene rings is 1. The molecule has 1 unspecified atom stereocenters. The van der Waals surface area contributed by atoms with Crippen LogP contribution in [0.2, 0.25) is 0 Å². The van der Waals surface area contributed by atoms with E-state index < -0.39 is 0 Å². The van der Waals surface area contributed by atoms with E-state index >= 15 is 0 Å². The lowest BCUT2D eigenvalue weighted by atomic mass is 10.1. The molecule has 0 saturated heterocycles. The lowest BCUT2D eigenvalue weighted by molar-refractivity contribution is 0.0473. The molecule has 0 aliphatic rings. The average Bonchev–Trinajstić information content (AvgIpc) is 2.85. The van der Waals surface area contributed by atoms with Crippen LogP contribution in [0.3, 0.4) is 0 Å². The van der Waals surface area contributed by atoms with Crippen molar-refractivity contribution in [1.29, 1.82) is 0 Å². The molecule has 0 fully saturated rings. The number of hydrogen-bond donors (Lipinski definition) is 1. The molecule has 4 heteroatoms. The number of nitrogens with two attached hydrogens (primary N) is 1. The highest BCUT2D eigenvalue weighted by molar-refractivity contribution is 9.10. The maximum atomic E-state index is 5.83. The van der Waals surface area contributed by atoms with Crippen LogP contribution in [-0.2, 0) is 11.3 Å². The van der Waals surface area contributed by atoms with Crippen LogP contribution in [0.25, 0.3) is 0 Å². The Morgan fingerprint density at radius 3 is 2.59 bits per heavy atom. The fourth-order valence-corrected chi connectivity index (χ4v) is 2.44. The summed E-state index contributed by atoms with van der Waals surface area (Å²) < 4.78 is 6.90. The number of hydrogen-bond acceptors (Lipinski definition) is 3. The van der Waals surface area contributed by atoms with Crippen molar-refractivity contribution in [3.63, 3.8) is 0 Å². The zero-order valence-corrected chi connectivity index (χ0v) is 11.7. The van der Waals surface area contributed by atoms with E-state index in [2.05, 4.69) is 27.4 Å². The molecule has 0 spiro atoms. The smallest absolute Gasteiger partial charge is 0.0952 e. The zero-order valence-electron chi connectivity index (χ0n) is 9.30. The predicted octanol–water partition coefficient (Wildman–Crippen LogP) is 3.73. The third-order valence-electron chi connectivity index (χ3n) is 2.46. The molecule has 0 aliphatic heterocycles. The molecule has 17 heavy (non-hydrogen) atoms. The normalized spacial score (nSPS) is 12.6. The Kier molecular flexibility index (Phi) is 4.74. The molecular weight excluding hydrogens is 298 g/mol. The van der Waals surface area contributed by atoms with Crippen LogP contribution in [0.5, 0.6) is 0 Å². The Labute approximate surface area is 114 Å². The van der Waals surface area contributed by atoms with Gasteiger partial charge in [0.1, 0.15) is 0 Å². The maximum absolute atomic E-state index is 5.83. The van der Waals surface area contributed by atoms with Gasteiger partial charge < -0.3 is 10.5 Å². The summed E-state index contributed by atoms with van der Waals surface area (Å²) in [5.41, 5.74) is 6.87. The second-order valence-corrected chi connectivity index (χ2v) is 5.61. The summed E-state index contributed by atoms with van der Waals surface area (Å²) in [7, 11) is 0. The molecule has 2 rings (SSSR count). The number of rotatable bonds is 5. The molecule has 1 atom stereocenters. The lowest BCUT2D eigenvalue weighted by Gasteiger charge is -2.16. The molecule has 0 amide bonds. The van der Waals surface area contributed by atoms with Crippen molar-refractivity contribution in [1.82, 2.24) is 0 Å². The average molecular weight is 312 g/mol. The molecule has 0 aliphatic carbocycles. The fourth-order valence-electron chi connectivity index (χ4n) is 1.56. The summed E-state index contributed by atoms with van der Waals surface area (Å²) in [4.78, 5) is 1.22. The SMILES string of the molecule is NCC(OCc1cccs1)c1ccc(Br)cc1. The molecule has 0 radical (unpaired) electrons. The first-order chi connectivity index (χ1) is 8.29. The second kappa shape index (κ2) is 6.31. The highest BCUT2D eigenvalue weighted by Gasteiger charge is 2.10. The minimum Gasteiger partial charge on any atom is -0.367 e. The summed E-state index contributed by atoms with van der Waals surface area (Å²) in [5, 5.41) is 2.05. The molecule has 2 aromatic rings. The topological polar surface area (TPSA) is 35.2 Å². The van der Waals surface area contributed by atoms with Crippen molar-refractivity contribution in [2.75, 3.05) is 6.54 Å². The summed E-state index contributed by atoms with van der Waals surface area (Å²) >= 11 is 5.12.